The van der Waals surface area contributed by atoms with Crippen LogP contribution in [-0.2, 0) is 14.3 Å². The molecule has 3 atom stereocenters. The second kappa shape index (κ2) is 10.9. The summed E-state index contributed by atoms with van der Waals surface area (Å²) in [5.74, 6) is -1.32. The highest BCUT2D eigenvalue weighted by Gasteiger charge is 2.36. The van der Waals surface area contributed by atoms with Crippen LogP contribution >= 0.6 is 0 Å². The van der Waals surface area contributed by atoms with Gasteiger partial charge in [0.2, 0.25) is 5.91 Å². The Labute approximate surface area is 206 Å². The number of amides is 2. The van der Waals surface area contributed by atoms with E-state index in [9.17, 15) is 19.5 Å². The molecule has 2 aromatic carbocycles. The predicted octanol–water partition coefficient (Wildman–Crippen LogP) is 4.80. The van der Waals surface area contributed by atoms with E-state index in [1.54, 1.807) is 4.90 Å². The highest BCUT2D eigenvalue weighted by molar-refractivity contribution is 5.87. The Morgan fingerprint density at radius 2 is 1.69 bits per heavy atom. The lowest BCUT2D eigenvalue weighted by Crippen LogP contribution is -2.56. The van der Waals surface area contributed by atoms with E-state index in [1.165, 1.54) is 0 Å². The third-order valence-corrected chi connectivity index (χ3v) is 7.42. The number of carbonyl (C=O) groups is 3. The zero-order chi connectivity index (χ0) is 24.9. The fourth-order valence-corrected chi connectivity index (χ4v) is 5.33. The number of hydrogen-bond acceptors (Lipinski definition) is 4. The number of benzene rings is 2. The molecule has 1 heterocycles. The van der Waals surface area contributed by atoms with Crippen LogP contribution in [0.15, 0.2) is 48.5 Å². The standard InChI is InChI=1S/C28H34N2O5/c1-3-18(2)26(27(33)30-15-9-8-10-19(30)16-25(31)32)29-28(34)35-17-24-22-13-6-4-11-20(22)21-12-5-7-14-23(21)24/h4-7,11-14,18-19,24,26H,3,8-10,15-17H2,1-2H3,(H,29,34)(H,31,32)/t18-,19+,26-/m0/s1. The Kier molecular flexibility index (Phi) is 7.73. The Morgan fingerprint density at radius 1 is 1.06 bits per heavy atom. The van der Waals surface area contributed by atoms with Crippen molar-refractivity contribution in [3.8, 4) is 11.1 Å². The van der Waals surface area contributed by atoms with Crippen LogP contribution in [0.4, 0.5) is 4.79 Å². The molecule has 1 fully saturated rings. The molecule has 0 bridgehead atoms. The third kappa shape index (κ3) is 5.34. The number of likely N-dealkylation sites (tertiary alicyclic amines) is 1. The zero-order valence-corrected chi connectivity index (χ0v) is 20.4. The van der Waals surface area contributed by atoms with Gasteiger partial charge < -0.3 is 20.1 Å². The van der Waals surface area contributed by atoms with Crippen molar-refractivity contribution < 1.29 is 24.2 Å². The number of hydrogen-bond donors (Lipinski definition) is 2. The molecule has 2 N–H and O–H groups in total. The second-order valence-corrected chi connectivity index (χ2v) is 9.61. The van der Waals surface area contributed by atoms with Crippen LogP contribution in [0.1, 0.15) is 63.0 Å². The van der Waals surface area contributed by atoms with Gasteiger partial charge in [-0.15, -0.1) is 0 Å². The highest BCUT2D eigenvalue weighted by atomic mass is 16.5. The normalized spacial score (nSPS) is 18.8. The fraction of sp³-hybridized carbons (Fsp3) is 0.464. The van der Waals surface area contributed by atoms with E-state index in [0.29, 0.717) is 19.4 Å². The monoisotopic (exact) mass is 478 g/mol. The number of aliphatic carboxylic acids is 1. The van der Waals surface area contributed by atoms with Crippen LogP contribution in [0.5, 0.6) is 0 Å². The van der Waals surface area contributed by atoms with Crippen LogP contribution < -0.4 is 5.32 Å². The zero-order valence-electron chi connectivity index (χ0n) is 20.4. The summed E-state index contributed by atoms with van der Waals surface area (Å²) >= 11 is 0. The lowest BCUT2D eigenvalue weighted by atomic mass is 9.94. The summed E-state index contributed by atoms with van der Waals surface area (Å²) in [7, 11) is 0. The molecule has 7 nitrogen and oxygen atoms in total. The predicted molar refractivity (Wildman–Crippen MR) is 133 cm³/mol. The minimum absolute atomic E-state index is 0.0621. The van der Waals surface area contributed by atoms with Crippen molar-refractivity contribution in [2.75, 3.05) is 13.2 Å². The maximum Gasteiger partial charge on any atom is 0.407 e. The van der Waals surface area contributed by atoms with Crippen molar-refractivity contribution in [2.45, 2.75) is 64.0 Å². The molecule has 7 heteroatoms. The molecule has 0 saturated carbocycles. The Bertz CT molecular complexity index is 1040. The molecule has 2 aromatic rings. The first-order valence-electron chi connectivity index (χ1n) is 12.5. The highest BCUT2D eigenvalue weighted by Crippen LogP contribution is 2.44. The first-order valence-corrected chi connectivity index (χ1v) is 12.5. The molecular formula is C28H34N2O5. The van der Waals surface area contributed by atoms with Gasteiger partial charge in [-0.3, -0.25) is 9.59 Å². The number of fused-ring (bicyclic) bond motifs is 3. The van der Waals surface area contributed by atoms with Gasteiger partial charge in [-0.2, -0.15) is 0 Å². The van der Waals surface area contributed by atoms with Gasteiger partial charge in [-0.1, -0.05) is 68.8 Å². The number of nitrogens with one attached hydrogen (secondary N) is 1. The van der Waals surface area contributed by atoms with Crippen molar-refractivity contribution in [1.29, 1.82) is 0 Å². The van der Waals surface area contributed by atoms with Crippen LogP contribution in [0, 0.1) is 5.92 Å². The molecule has 1 aliphatic heterocycles. The molecule has 35 heavy (non-hydrogen) atoms. The quantitative estimate of drug-likeness (QED) is 0.568. The Hall–Kier alpha value is -3.35. The number of carbonyl (C=O) groups excluding carboxylic acids is 2. The van der Waals surface area contributed by atoms with Gasteiger partial charge in [-0.05, 0) is 47.4 Å². The summed E-state index contributed by atoms with van der Waals surface area (Å²) in [4.78, 5) is 39.4. The number of carboxylic acids is 1. The average Bonchev–Trinajstić information content (AvgIpc) is 3.19. The van der Waals surface area contributed by atoms with Crippen molar-refractivity contribution in [3.05, 3.63) is 59.7 Å². The molecule has 2 aliphatic rings. The summed E-state index contributed by atoms with van der Waals surface area (Å²) in [6.07, 6.45) is 2.38. The van der Waals surface area contributed by atoms with E-state index >= 15 is 0 Å². The lowest BCUT2D eigenvalue weighted by molar-refractivity contribution is -0.143. The van der Waals surface area contributed by atoms with Crippen LogP contribution in [0.25, 0.3) is 11.1 Å². The summed E-state index contributed by atoms with van der Waals surface area (Å²) < 4.78 is 5.68. The smallest absolute Gasteiger partial charge is 0.407 e. The maximum absolute atomic E-state index is 13.5. The maximum atomic E-state index is 13.5. The summed E-state index contributed by atoms with van der Waals surface area (Å²) in [6, 6.07) is 15.2. The number of piperidine rings is 1. The molecule has 0 aromatic heterocycles. The molecule has 2 amide bonds. The molecule has 0 spiro atoms. The topological polar surface area (TPSA) is 95.9 Å². The third-order valence-electron chi connectivity index (χ3n) is 7.42. The molecular weight excluding hydrogens is 444 g/mol. The van der Waals surface area contributed by atoms with Crippen LogP contribution in [-0.4, -0.2) is 53.2 Å². The molecule has 186 valence electrons. The van der Waals surface area contributed by atoms with Crippen molar-refractivity contribution >= 4 is 18.0 Å². The van der Waals surface area contributed by atoms with Crippen molar-refractivity contribution in [2.24, 2.45) is 5.92 Å². The van der Waals surface area contributed by atoms with Gasteiger partial charge in [0.25, 0.3) is 0 Å². The Balaban J connectivity index is 1.45. The largest absolute Gasteiger partial charge is 0.481 e. The van der Waals surface area contributed by atoms with Crippen molar-refractivity contribution in [3.63, 3.8) is 0 Å². The average molecular weight is 479 g/mol. The van der Waals surface area contributed by atoms with Gasteiger partial charge in [0.05, 0.1) is 6.42 Å². The first kappa shape index (κ1) is 24.8. The summed E-state index contributed by atoms with van der Waals surface area (Å²) in [5, 5.41) is 12.1. The first-order chi connectivity index (χ1) is 16.9. The number of alkyl carbamates (subject to hydrolysis) is 1. The fourth-order valence-electron chi connectivity index (χ4n) is 5.33. The van der Waals surface area contributed by atoms with Crippen LogP contribution in [0.2, 0.25) is 0 Å². The number of rotatable bonds is 8. The minimum atomic E-state index is -0.917. The summed E-state index contributed by atoms with van der Waals surface area (Å²) in [5.41, 5.74) is 4.56. The number of nitrogens with zero attached hydrogens (tertiary/aromatic N) is 1. The van der Waals surface area contributed by atoms with E-state index in [4.69, 9.17) is 4.74 Å². The van der Waals surface area contributed by atoms with E-state index < -0.39 is 18.1 Å². The van der Waals surface area contributed by atoms with Crippen LogP contribution in [0.3, 0.4) is 0 Å². The molecule has 1 saturated heterocycles. The van der Waals surface area contributed by atoms with E-state index in [1.807, 2.05) is 38.1 Å². The lowest BCUT2D eigenvalue weighted by Gasteiger charge is -2.38. The molecule has 4 rings (SSSR count). The van der Waals surface area contributed by atoms with Gasteiger partial charge in [-0.25, -0.2) is 4.79 Å². The minimum Gasteiger partial charge on any atom is -0.481 e. The van der Waals surface area contributed by atoms with Gasteiger partial charge in [0.15, 0.2) is 0 Å². The van der Waals surface area contributed by atoms with E-state index in [2.05, 4.69) is 29.6 Å². The van der Waals surface area contributed by atoms with Gasteiger partial charge in [0.1, 0.15) is 12.6 Å². The number of ether oxygens (including phenoxy) is 1. The molecule has 0 radical (unpaired) electrons. The summed E-state index contributed by atoms with van der Waals surface area (Å²) in [6.45, 7) is 4.57. The van der Waals surface area contributed by atoms with E-state index in [0.717, 1.165) is 35.1 Å². The molecule has 1 aliphatic carbocycles. The molecule has 0 unspecified atom stereocenters. The van der Waals surface area contributed by atoms with Crippen molar-refractivity contribution in [1.82, 2.24) is 10.2 Å². The van der Waals surface area contributed by atoms with Gasteiger partial charge in [0, 0.05) is 18.5 Å². The van der Waals surface area contributed by atoms with Gasteiger partial charge >= 0.3 is 12.1 Å². The SMILES string of the molecule is CC[C@H](C)[C@H](NC(=O)OCC1c2ccccc2-c2ccccc21)C(=O)N1CCCC[C@@H]1CC(=O)O. The number of carboxylic acid groups (broad SMARTS) is 1. The van der Waals surface area contributed by atoms with E-state index in [-0.39, 0.29) is 36.8 Å². The second-order valence-electron chi connectivity index (χ2n) is 9.61. The Morgan fingerprint density at radius 3 is 2.29 bits per heavy atom.